The monoisotopic (exact) mass is 228 g/mol. The molecule has 0 aromatic heterocycles. The van der Waals surface area contributed by atoms with Gasteiger partial charge in [0.2, 0.25) is 0 Å². The number of hydroxylamine groups is 2. The molecule has 2 rings (SSSR count). The van der Waals surface area contributed by atoms with Gasteiger partial charge in [-0.3, -0.25) is 0 Å². The van der Waals surface area contributed by atoms with E-state index in [2.05, 4.69) is 0 Å². The molecule has 2 aliphatic heterocycles. The third-order valence-electron chi connectivity index (χ3n) is 3.02. The average molecular weight is 228 g/mol. The van der Waals surface area contributed by atoms with Crippen molar-refractivity contribution in [3.05, 3.63) is 5.21 Å². The van der Waals surface area contributed by atoms with Gasteiger partial charge in [0.15, 0.2) is 0 Å². The van der Waals surface area contributed by atoms with Crippen LogP contribution in [0.25, 0.3) is 0 Å². The number of nitrogens with one attached hydrogen (secondary N) is 1. The lowest BCUT2D eigenvalue weighted by Crippen LogP contribution is -3.16. The largest absolute Gasteiger partial charge is 0.673 e. The predicted molar refractivity (Wildman–Crippen MR) is 49.8 cm³/mol. The number of hydrogen-bond acceptors (Lipinski definition) is 1. The zero-order valence-electron chi connectivity index (χ0n) is 8.39. The fraction of sp³-hybridized carbons (Fsp3) is 1.00. The zero-order valence-corrected chi connectivity index (χ0v) is 8.39. The second-order valence-corrected chi connectivity index (χ2v) is 4.15. The van der Waals surface area contributed by atoms with E-state index in [1.54, 1.807) is 0 Å². The molecule has 90 valence electrons. The molecule has 0 amide bonds. The molecule has 2 aliphatic rings. The number of rotatable bonds is 0. The van der Waals surface area contributed by atoms with Gasteiger partial charge in [-0.05, 0) is 38.5 Å². The summed E-state index contributed by atoms with van der Waals surface area (Å²) in [7, 11) is -6.00. The third-order valence-corrected chi connectivity index (χ3v) is 3.02. The molecule has 0 aliphatic carbocycles. The molecule has 2 fully saturated rings. The number of quaternary nitrogens is 1. The van der Waals surface area contributed by atoms with Crippen molar-refractivity contribution in [3.63, 3.8) is 0 Å². The number of fused-ring (bicyclic) bond motifs is 2. The first-order valence-corrected chi connectivity index (χ1v) is 5.29. The molecule has 2 nitrogen and oxygen atoms in total. The van der Waals surface area contributed by atoms with Crippen LogP contribution < -0.4 is 5.06 Å². The minimum Gasteiger partial charge on any atom is -0.634 e. The molecule has 2 heterocycles. The molecule has 0 aromatic rings. The Kier molecular flexibility index (Phi) is 4.39. The van der Waals surface area contributed by atoms with Gasteiger partial charge in [0.05, 0.1) is 12.1 Å². The molecule has 7 heteroatoms. The van der Waals surface area contributed by atoms with Crippen molar-refractivity contribution in [1.29, 1.82) is 0 Å². The maximum Gasteiger partial charge on any atom is 0.673 e. The van der Waals surface area contributed by atoms with E-state index in [4.69, 9.17) is 0 Å². The molecule has 0 atom stereocenters. The minimum absolute atomic E-state index is 0.479. The Bertz CT molecular complexity index is 174. The Morgan fingerprint density at radius 2 is 1.13 bits per heavy atom. The summed E-state index contributed by atoms with van der Waals surface area (Å²) in [6.45, 7) is 0. The van der Waals surface area contributed by atoms with Crippen LogP contribution in [0, 0.1) is 5.21 Å². The standard InChI is InChI=1S/C8H15NO.BF4/c10-9-7-3-1-4-8(9)6-2-5-7;2-1(3,4)5/h7-9H,1-6H2;/q;-1. The van der Waals surface area contributed by atoms with E-state index in [9.17, 15) is 22.5 Å². The molecule has 0 unspecified atom stereocenters. The van der Waals surface area contributed by atoms with Crippen molar-refractivity contribution in [2.75, 3.05) is 0 Å². The smallest absolute Gasteiger partial charge is 0.634 e. The third kappa shape index (κ3) is 4.84. The summed E-state index contributed by atoms with van der Waals surface area (Å²) < 4.78 is 39.0. The van der Waals surface area contributed by atoms with Crippen molar-refractivity contribution in [2.24, 2.45) is 0 Å². The van der Waals surface area contributed by atoms with Crippen molar-refractivity contribution in [2.45, 2.75) is 50.6 Å². The first-order chi connectivity index (χ1) is 6.88. The van der Waals surface area contributed by atoms with E-state index in [0.717, 1.165) is 0 Å². The maximum atomic E-state index is 11.4. The van der Waals surface area contributed by atoms with Crippen molar-refractivity contribution in [1.82, 2.24) is 0 Å². The van der Waals surface area contributed by atoms with E-state index in [0.29, 0.717) is 17.1 Å². The van der Waals surface area contributed by atoms with Crippen LogP contribution in [0.1, 0.15) is 38.5 Å². The molecule has 1 N–H and O–H groups in total. The summed E-state index contributed by atoms with van der Waals surface area (Å²) in [6.07, 6.45) is 7.37. The summed E-state index contributed by atoms with van der Waals surface area (Å²) in [5.41, 5.74) is 0. The highest BCUT2D eigenvalue weighted by atomic mass is 19.5. The Hall–Kier alpha value is -0.295. The van der Waals surface area contributed by atoms with Crippen molar-refractivity contribution in [3.8, 4) is 0 Å². The maximum absolute atomic E-state index is 11.4. The number of piperidine rings is 2. The molecule has 0 saturated carbocycles. The molecule has 15 heavy (non-hydrogen) atoms. The Labute approximate surface area is 86.3 Å². The van der Waals surface area contributed by atoms with Crippen LogP contribution in [0.15, 0.2) is 0 Å². The summed E-state index contributed by atoms with van der Waals surface area (Å²) >= 11 is 0. The van der Waals surface area contributed by atoms with Crippen molar-refractivity contribution < 1.29 is 22.3 Å². The van der Waals surface area contributed by atoms with Gasteiger partial charge < -0.3 is 27.5 Å². The SMILES string of the molecule is F[B-](F)(F)F.[O-][NH+]1C2CCCC1CCC2. The first-order valence-electron chi connectivity index (χ1n) is 5.29. The molecular formula is C8H15BF4NO-. The van der Waals surface area contributed by atoms with E-state index >= 15 is 0 Å². The summed E-state index contributed by atoms with van der Waals surface area (Å²) in [4.78, 5) is 0. The second kappa shape index (κ2) is 5.16. The van der Waals surface area contributed by atoms with Gasteiger partial charge in [0, 0.05) is 0 Å². The fourth-order valence-corrected chi connectivity index (χ4v) is 2.41. The zero-order chi connectivity index (χ0) is 11.5. The highest BCUT2D eigenvalue weighted by Crippen LogP contribution is 2.20. The predicted octanol–water partition coefficient (Wildman–Crippen LogP) is 1.77. The van der Waals surface area contributed by atoms with Gasteiger partial charge in [-0.15, -0.1) is 0 Å². The van der Waals surface area contributed by atoms with Gasteiger partial charge in [0.1, 0.15) is 0 Å². The topological polar surface area (TPSA) is 27.5 Å². The first kappa shape index (κ1) is 12.8. The molecule has 0 spiro atoms. The normalized spacial score (nSPS) is 35.4. The Morgan fingerprint density at radius 3 is 1.33 bits per heavy atom. The Morgan fingerprint density at radius 1 is 0.867 bits per heavy atom. The molecular weight excluding hydrogens is 213 g/mol. The van der Waals surface area contributed by atoms with Gasteiger partial charge in [-0.1, -0.05) is 0 Å². The minimum atomic E-state index is -6.00. The number of hydrogen-bond donors (Lipinski definition) is 1. The van der Waals surface area contributed by atoms with Crippen LogP contribution in [-0.4, -0.2) is 19.3 Å². The van der Waals surface area contributed by atoms with Gasteiger partial charge in [0.25, 0.3) is 0 Å². The van der Waals surface area contributed by atoms with Gasteiger partial charge >= 0.3 is 7.25 Å². The highest BCUT2D eigenvalue weighted by Gasteiger charge is 2.32. The van der Waals surface area contributed by atoms with Crippen LogP contribution >= 0.6 is 0 Å². The average Bonchev–Trinajstić information content (AvgIpc) is 1.99. The lowest BCUT2D eigenvalue weighted by Gasteiger charge is -2.45. The molecule has 2 saturated heterocycles. The van der Waals surface area contributed by atoms with Crippen LogP contribution in [0.3, 0.4) is 0 Å². The van der Waals surface area contributed by atoms with E-state index in [1.165, 1.54) is 38.5 Å². The van der Waals surface area contributed by atoms with E-state index in [1.807, 2.05) is 0 Å². The summed E-state index contributed by atoms with van der Waals surface area (Å²) in [5.74, 6) is 0. The summed E-state index contributed by atoms with van der Waals surface area (Å²) in [5, 5.41) is 12.0. The highest BCUT2D eigenvalue weighted by molar-refractivity contribution is 6.50. The van der Waals surface area contributed by atoms with Crippen molar-refractivity contribution >= 4 is 7.25 Å². The van der Waals surface area contributed by atoms with Crippen LogP contribution in [0.2, 0.25) is 0 Å². The van der Waals surface area contributed by atoms with Gasteiger partial charge in [-0.2, -0.15) is 0 Å². The van der Waals surface area contributed by atoms with Gasteiger partial charge in [-0.25, -0.2) is 0 Å². The summed E-state index contributed by atoms with van der Waals surface area (Å²) in [6, 6.07) is 0.958. The molecule has 0 aromatic carbocycles. The van der Waals surface area contributed by atoms with Crippen LogP contribution in [-0.2, 0) is 0 Å². The number of halogens is 4. The molecule has 0 radical (unpaired) electrons. The van der Waals surface area contributed by atoms with Crippen LogP contribution in [0.4, 0.5) is 17.3 Å². The van der Waals surface area contributed by atoms with Crippen LogP contribution in [0.5, 0.6) is 0 Å². The van der Waals surface area contributed by atoms with E-state index in [-0.39, 0.29) is 0 Å². The fourth-order valence-electron chi connectivity index (χ4n) is 2.41. The lowest BCUT2D eigenvalue weighted by molar-refractivity contribution is -0.913. The lowest BCUT2D eigenvalue weighted by atomic mass is 9.86. The second-order valence-electron chi connectivity index (χ2n) is 4.15. The Balaban J connectivity index is 0.000000195. The van der Waals surface area contributed by atoms with E-state index < -0.39 is 7.25 Å². The molecule has 2 bridgehead atoms. The quantitative estimate of drug-likeness (QED) is 0.382.